The molecule has 1 aromatic carbocycles. The fraction of sp³-hybridized carbons (Fsp3) is 0.600. The van der Waals surface area contributed by atoms with Crippen LogP contribution in [0.4, 0.5) is 4.79 Å². The van der Waals surface area contributed by atoms with E-state index < -0.39 is 41.6 Å². The summed E-state index contributed by atoms with van der Waals surface area (Å²) in [6.07, 6.45) is 0.541. The second kappa shape index (κ2) is 14.2. The van der Waals surface area contributed by atoms with Gasteiger partial charge < -0.3 is 30.1 Å². The molecule has 0 aliphatic rings. The van der Waals surface area contributed by atoms with Crippen molar-refractivity contribution in [3.05, 3.63) is 29.8 Å². The van der Waals surface area contributed by atoms with E-state index in [0.29, 0.717) is 6.42 Å². The third-order valence-corrected chi connectivity index (χ3v) is 4.86. The van der Waals surface area contributed by atoms with Gasteiger partial charge in [-0.25, -0.2) is 4.79 Å². The van der Waals surface area contributed by atoms with Crippen molar-refractivity contribution >= 4 is 23.9 Å². The quantitative estimate of drug-likeness (QED) is 0.381. The average Bonchev–Trinajstić information content (AvgIpc) is 2.75. The molecule has 0 bridgehead atoms. The predicted octanol–water partition coefficient (Wildman–Crippen LogP) is 3.04. The van der Waals surface area contributed by atoms with Crippen LogP contribution >= 0.6 is 0 Å². The molecular weight excluding hydrogens is 454 g/mol. The number of para-hydroxylation sites is 1. The van der Waals surface area contributed by atoms with Gasteiger partial charge >= 0.3 is 12.1 Å². The van der Waals surface area contributed by atoms with Crippen molar-refractivity contribution < 1.29 is 33.8 Å². The van der Waals surface area contributed by atoms with Crippen LogP contribution in [0.5, 0.6) is 5.75 Å². The number of rotatable bonds is 12. The maximum Gasteiger partial charge on any atom is 0.408 e. The molecule has 35 heavy (non-hydrogen) atoms. The first-order chi connectivity index (χ1) is 16.4. The van der Waals surface area contributed by atoms with Gasteiger partial charge in [0.05, 0.1) is 13.0 Å². The minimum atomic E-state index is -1.18. The number of hydrogen-bond donors (Lipinski definition) is 3. The summed E-state index contributed by atoms with van der Waals surface area (Å²) in [6.45, 7) is 10.7. The molecule has 10 heteroatoms. The molecule has 3 amide bonds. The van der Waals surface area contributed by atoms with E-state index >= 15 is 0 Å². The number of hydrogen-bond acceptors (Lipinski definition) is 7. The summed E-state index contributed by atoms with van der Waals surface area (Å²) in [4.78, 5) is 52.0. The van der Waals surface area contributed by atoms with E-state index in [2.05, 4.69) is 10.6 Å². The van der Waals surface area contributed by atoms with Crippen LogP contribution in [-0.2, 0) is 23.9 Å². The van der Waals surface area contributed by atoms with Gasteiger partial charge in [0.1, 0.15) is 23.4 Å². The van der Waals surface area contributed by atoms with E-state index in [9.17, 15) is 24.3 Å². The summed E-state index contributed by atoms with van der Waals surface area (Å²) in [5, 5.41) is 15.7. The Hall–Kier alpha value is -3.30. The molecule has 1 rings (SSSR count). The van der Waals surface area contributed by atoms with Gasteiger partial charge in [-0.2, -0.15) is 0 Å². The summed E-state index contributed by atoms with van der Waals surface area (Å²) < 4.78 is 10.1. The zero-order valence-corrected chi connectivity index (χ0v) is 21.6. The Balaban J connectivity index is 3.22. The van der Waals surface area contributed by atoms with E-state index in [1.807, 2.05) is 6.92 Å². The van der Waals surface area contributed by atoms with Gasteiger partial charge in [-0.05, 0) is 47.1 Å². The number of ether oxygens (including phenoxy) is 2. The minimum absolute atomic E-state index is 0.00326. The van der Waals surface area contributed by atoms with Crippen molar-refractivity contribution in [2.75, 3.05) is 19.7 Å². The normalized spacial score (nSPS) is 12.7. The van der Waals surface area contributed by atoms with E-state index in [1.165, 1.54) is 17.9 Å². The molecule has 0 aliphatic carbocycles. The lowest BCUT2D eigenvalue weighted by atomic mass is 10.0. The lowest BCUT2D eigenvalue weighted by molar-refractivity contribution is -0.144. The molecule has 0 fully saturated rings. The number of phenols is 1. The first kappa shape index (κ1) is 29.7. The number of carbonyl (C=O) groups is 4. The highest BCUT2D eigenvalue weighted by molar-refractivity contribution is 5.92. The van der Waals surface area contributed by atoms with Gasteiger partial charge in [-0.15, -0.1) is 0 Å². The van der Waals surface area contributed by atoms with Gasteiger partial charge in [0.25, 0.3) is 0 Å². The van der Waals surface area contributed by atoms with Crippen molar-refractivity contribution in [3.63, 3.8) is 0 Å². The highest BCUT2D eigenvalue weighted by atomic mass is 16.6. The summed E-state index contributed by atoms with van der Waals surface area (Å²) in [6, 6.07) is 4.07. The Kier molecular flexibility index (Phi) is 12.0. The molecule has 2 unspecified atom stereocenters. The topological polar surface area (TPSA) is 134 Å². The zero-order chi connectivity index (χ0) is 26.6. The van der Waals surface area contributed by atoms with Crippen molar-refractivity contribution in [2.24, 2.45) is 0 Å². The Morgan fingerprint density at radius 1 is 1.11 bits per heavy atom. The molecule has 2 atom stereocenters. The largest absolute Gasteiger partial charge is 0.508 e. The highest BCUT2D eigenvalue weighted by Crippen LogP contribution is 2.30. The fourth-order valence-electron chi connectivity index (χ4n) is 3.28. The SMILES string of the molecule is CCCCN(C(=O)C(C)NC(=O)OC(C)(C)C)C(C(=O)NCCC(=O)OCC)c1ccccc1O. The lowest BCUT2D eigenvalue weighted by Crippen LogP contribution is -2.52. The van der Waals surface area contributed by atoms with Gasteiger partial charge in [0.15, 0.2) is 0 Å². The Bertz CT molecular complexity index is 867. The molecule has 0 radical (unpaired) electrons. The monoisotopic (exact) mass is 493 g/mol. The molecular formula is C25H39N3O7. The van der Waals surface area contributed by atoms with Crippen LogP contribution in [0.2, 0.25) is 0 Å². The molecule has 0 heterocycles. The Morgan fingerprint density at radius 3 is 2.34 bits per heavy atom. The Labute approximate surface area is 207 Å². The molecule has 1 aromatic rings. The maximum absolute atomic E-state index is 13.5. The number of nitrogens with zero attached hydrogens (tertiary/aromatic N) is 1. The van der Waals surface area contributed by atoms with Crippen molar-refractivity contribution in [3.8, 4) is 5.75 Å². The molecule has 3 N–H and O–H groups in total. The van der Waals surface area contributed by atoms with Crippen molar-refractivity contribution in [2.45, 2.75) is 78.5 Å². The van der Waals surface area contributed by atoms with E-state index in [-0.39, 0.29) is 37.4 Å². The van der Waals surface area contributed by atoms with Crippen LogP contribution in [0.3, 0.4) is 0 Å². The number of nitrogens with one attached hydrogen (secondary N) is 2. The fourth-order valence-corrected chi connectivity index (χ4v) is 3.28. The predicted molar refractivity (Wildman–Crippen MR) is 131 cm³/mol. The summed E-state index contributed by atoms with van der Waals surface area (Å²) in [5.74, 6) is -1.69. The van der Waals surface area contributed by atoms with Crippen molar-refractivity contribution in [1.82, 2.24) is 15.5 Å². The molecule has 0 saturated carbocycles. The maximum atomic E-state index is 13.5. The highest BCUT2D eigenvalue weighted by Gasteiger charge is 2.35. The number of esters is 1. The molecule has 0 aromatic heterocycles. The summed E-state index contributed by atoms with van der Waals surface area (Å²) in [7, 11) is 0. The number of alkyl carbamates (subject to hydrolysis) is 1. The van der Waals surface area contributed by atoms with Crippen LogP contribution < -0.4 is 10.6 Å². The van der Waals surface area contributed by atoms with Gasteiger partial charge in [-0.3, -0.25) is 14.4 Å². The average molecular weight is 494 g/mol. The van der Waals surface area contributed by atoms with Crippen LogP contribution in [-0.4, -0.2) is 65.2 Å². The van der Waals surface area contributed by atoms with E-state index in [0.717, 1.165) is 6.42 Å². The van der Waals surface area contributed by atoms with E-state index in [1.54, 1.807) is 45.9 Å². The molecule has 0 saturated heterocycles. The minimum Gasteiger partial charge on any atom is -0.508 e. The number of aromatic hydroxyl groups is 1. The summed E-state index contributed by atoms with van der Waals surface area (Å²) >= 11 is 0. The smallest absolute Gasteiger partial charge is 0.408 e. The number of benzene rings is 1. The van der Waals surface area contributed by atoms with Crippen LogP contribution in [0.1, 0.15) is 72.4 Å². The number of amides is 3. The molecule has 0 aliphatic heterocycles. The molecule has 196 valence electrons. The van der Waals surface area contributed by atoms with Gasteiger partial charge in [0, 0.05) is 18.7 Å². The van der Waals surface area contributed by atoms with Crippen LogP contribution in [0, 0.1) is 0 Å². The lowest BCUT2D eigenvalue weighted by Gasteiger charge is -2.34. The first-order valence-electron chi connectivity index (χ1n) is 11.9. The summed E-state index contributed by atoms with van der Waals surface area (Å²) in [5.41, 5.74) is -0.513. The van der Waals surface area contributed by atoms with Crippen molar-refractivity contribution in [1.29, 1.82) is 0 Å². The third-order valence-electron chi connectivity index (χ3n) is 4.86. The second-order valence-corrected chi connectivity index (χ2v) is 9.06. The molecule has 0 spiro atoms. The number of phenolic OH excluding ortho intramolecular Hbond substituents is 1. The van der Waals surface area contributed by atoms with Gasteiger partial charge in [-0.1, -0.05) is 31.5 Å². The van der Waals surface area contributed by atoms with E-state index in [4.69, 9.17) is 9.47 Å². The van der Waals surface area contributed by atoms with Gasteiger partial charge in [0.2, 0.25) is 11.8 Å². The standard InChI is InChI=1S/C25H39N3O7/c1-7-9-16-28(23(32)17(3)27-24(33)35-25(4,5)6)21(18-12-10-11-13-19(18)29)22(31)26-15-14-20(30)34-8-2/h10-13,17,21,29H,7-9,14-16H2,1-6H3,(H,26,31)(H,27,33). The van der Waals surface area contributed by atoms with Crippen LogP contribution in [0.25, 0.3) is 0 Å². The zero-order valence-electron chi connectivity index (χ0n) is 21.6. The number of unbranched alkanes of at least 4 members (excludes halogenated alkanes) is 1. The molecule has 10 nitrogen and oxygen atoms in total. The first-order valence-corrected chi connectivity index (χ1v) is 11.9. The third kappa shape index (κ3) is 10.2. The second-order valence-electron chi connectivity index (χ2n) is 9.06. The van der Waals surface area contributed by atoms with Crippen LogP contribution in [0.15, 0.2) is 24.3 Å². The number of carbonyl (C=O) groups excluding carboxylic acids is 4. The Morgan fingerprint density at radius 2 is 1.77 bits per heavy atom.